The fourth-order valence-electron chi connectivity index (χ4n) is 4.60. The zero-order chi connectivity index (χ0) is 33.1. The van der Waals surface area contributed by atoms with Crippen LogP contribution in [-0.2, 0) is 20.8 Å². The Labute approximate surface area is 284 Å². The molecule has 8 nitrogen and oxygen atoms in total. The molecule has 0 spiro atoms. The van der Waals surface area contributed by atoms with Crippen molar-refractivity contribution in [1.29, 1.82) is 5.26 Å². The van der Waals surface area contributed by atoms with Gasteiger partial charge in [-0.25, -0.2) is 18.0 Å². The molecule has 254 valence electrons. The van der Waals surface area contributed by atoms with Crippen LogP contribution in [0, 0.1) is 35.4 Å². The van der Waals surface area contributed by atoms with E-state index in [2.05, 4.69) is 20.8 Å². The quantitative estimate of drug-likeness (QED) is 0.279. The summed E-state index contributed by atoms with van der Waals surface area (Å²) in [7, 11) is 0. The Bertz CT molecular complexity index is 1440. The summed E-state index contributed by atoms with van der Waals surface area (Å²) in [4.78, 5) is 7.20. The second-order valence-corrected chi connectivity index (χ2v) is 11.2. The highest BCUT2D eigenvalue weighted by Gasteiger charge is 2.16. The van der Waals surface area contributed by atoms with Crippen molar-refractivity contribution in [2.75, 3.05) is 75.6 Å². The molecule has 3 aromatic rings. The molecule has 3 fully saturated rings. The van der Waals surface area contributed by atoms with Gasteiger partial charge < -0.3 is 29.7 Å². The number of nitrogens with two attached hydrogens (primary N) is 1. The molecular formula is C35H43BrF3N5O3. The molecule has 0 radical (unpaired) electrons. The topological polar surface area (TPSA) is 88.3 Å². The lowest BCUT2D eigenvalue weighted by Gasteiger charge is -2.29. The molecule has 0 unspecified atom stereocenters. The van der Waals surface area contributed by atoms with Gasteiger partial charge in [0.1, 0.15) is 17.5 Å². The van der Waals surface area contributed by atoms with Crippen LogP contribution < -0.4 is 15.5 Å². The van der Waals surface area contributed by atoms with Gasteiger partial charge in [-0.15, -0.1) is 0 Å². The number of morpholine rings is 2. The largest absolute Gasteiger partial charge is 0.381 e. The first kappa shape index (κ1) is 39.5. The van der Waals surface area contributed by atoms with Crippen molar-refractivity contribution >= 4 is 33.0 Å². The van der Waals surface area contributed by atoms with E-state index in [-0.39, 0.29) is 24.9 Å². The van der Waals surface area contributed by atoms with Gasteiger partial charge >= 0.3 is 0 Å². The van der Waals surface area contributed by atoms with Gasteiger partial charge in [0, 0.05) is 45.9 Å². The van der Waals surface area contributed by atoms with Crippen molar-refractivity contribution in [1.82, 2.24) is 0 Å². The summed E-state index contributed by atoms with van der Waals surface area (Å²) in [6.45, 7) is 14.7. The average Bonchev–Trinajstić information content (AvgIpc) is 3.12. The Kier molecular flexibility index (Phi) is 18.5. The van der Waals surface area contributed by atoms with E-state index in [1.807, 2.05) is 21.9 Å². The summed E-state index contributed by atoms with van der Waals surface area (Å²) in [5, 5.41) is 8.36. The summed E-state index contributed by atoms with van der Waals surface area (Å²) in [6.07, 6.45) is 3.93. The lowest BCUT2D eigenvalue weighted by molar-refractivity contribution is 0.0968. The molecule has 0 bridgehead atoms. The number of halogens is 4. The molecular weight excluding hydrogens is 675 g/mol. The SMILES string of the molecule is C.C1CCOCC1.N#Cc1ccc(F)c(Br)c1.NCc1ccc(F)c(N2CCOCC2)c1.[C-]#[N+]c1ccc(F)c(N2CCOCC2)c1. The number of rotatable bonds is 3. The van der Waals surface area contributed by atoms with Gasteiger partial charge in [0.25, 0.3) is 0 Å². The molecule has 0 aromatic heterocycles. The highest BCUT2D eigenvalue weighted by atomic mass is 79.9. The Morgan fingerprint density at radius 2 is 1.26 bits per heavy atom. The van der Waals surface area contributed by atoms with Gasteiger partial charge in [0.2, 0.25) is 0 Å². The molecule has 3 aliphatic heterocycles. The van der Waals surface area contributed by atoms with E-state index in [0.29, 0.717) is 73.2 Å². The van der Waals surface area contributed by atoms with Crippen LogP contribution in [0.15, 0.2) is 59.1 Å². The maximum absolute atomic E-state index is 13.6. The normalized spacial score (nSPS) is 15.5. The maximum atomic E-state index is 13.6. The van der Waals surface area contributed by atoms with Crippen LogP contribution in [0.2, 0.25) is 0 Å². The van der Waals surface area contributed by atoms with Crippen molar-refractivity contribution < 1.29 is 27.4 Å². The summed E-state index contributed by atoms with van der Waals surface area (Å²) in [5.41, 5.74) is 8.56. The molecule has 3 aliphatic rings. The van der Waals surface area contributed by atoms with E-state index >= 15 is 0 Å². The minimum absolute atomic E-state index is 0. The van der Waals surface area contributed by atoms with E-state index < -0.39 is 0 Å². The summed E-state index contributed by atoms with van der Waals surface area (Å²) >= 11 is 2.96. The van der Waals surface area contributed by atoms with Crippen LogP contribution in [0.3, 0.4) is 0 Å². The fourth-order valence-corrected chi connectivity index (χ4v) is 4.98. The lowest BCUT2D eigenvalue weighted by atomic mass is 10.1. The Morgan fingerprint density at radius 1 is 0.745 bits per heavy atom. The van der Waals surface area contributed by atoms with Crippen LogP contribution in [-0.4, -0.2) is 65.8 Å². The molecule has 0 aliphatic carbocycles. The second-order valence-electron chi connectivity index (χ2n) is 10.3. The van der Waals surface area contributed by atoms with Crippen LogP contribution in [0.25, 0.3) is 4.85 Å². The third-order valence-electron chi connectivity index (χ3n) is 7.13. The minimum Gasteiger partial charge on any atom is -0.381 e. The predicted molar refractivity (Wildman–Crippen MR) is 183 cm³/mol. The maximum Gasteiger partial charge on any atom is 0.189 e. The average molecular weight is 719 g/mol. The Morgan fingerprint density at radius 3 is 1.70 bits per heavy atom. The lowest BCUT2D eigenvalue weighted by Crippen LogP contribution is -2.36. The van der Waals surface area contributed by atoms with Crippen molar-refractivity contribution in [3.8, 4) is 6.07 Å². The van der Waals surface area contributed by atoms with E-state index in [4.69, 9.17) is 31.8 Å². The summed E-state index contributed by atoms with van der Waals surface area (Å²) in [5.74, 6) is -0.808. The number of benzene rings is 3. The van der Waals surface area contributed by atoms with Crippen molar-refractivity contribution in [2.24, 2.45) is 5.73 Å². The standard InChI is InChI=1S/C11H11FN2O.C11H15FN2O.C7H3BrFN.C5H10O.CH4/c1-13-9-2-3-10(12)11(8-9)14-4-6-15-7-5-14;12-10-2-1-9(8-13)7-11(10)14-3-5-15-6-4-14;8-6-3-5(4-10)1-2-7(6)9;1-2-4-6-5-3-1;/h2-3,8H,4-7H2;1-2,7H,3-6,8,13H2;1-3H;1-5H2;1H4. The molecule has 0 amide bonds. The molecule has 2 N–H and O–H groups in total. The number of hydrogen-bond donors (Lipinski definition) is 1. The van der Waals surface area contributed by atoms with Gasteiger partial charge in [0.15, 0.2) is 5.69 Å². The Hall–Kier alpha value is -3.65. The fraction of sp³-hybridized carbons (Fsp3) is 0.429. The van der Waals surface area contributed by atoms with E-state index in [0.717, 1.165) is 31.9 Å². The van der Waals surface area contributed by atoms with Crippen molar-refractivity contribution in [3.05, 3.63) is 99.1 Å². The van der Waals surface area contributed by atoms with Crippen LogP contribution in [0.4, 0.5) is 30.2 Å². The van der Waals surface area contributed by atoms with Gasteiger partial charge in [-0.05, 0) is 83.2 Å². The first-order valence-corrected chi connectivity index (χ1v) is 15.9. The van der Waals surface area contributed by atoms with Crippen LogP contribution >= 0.6 is 15.9 Å². The van der Waals surface area contributed by atoms with E-state index in [9.17, 15) is 13.2 Å². The molecule has 6 rings (SSSR count). The number of ether oxygens (including phenoxy) is 3. The van der Waals surface area contributed by atoms with Crippen molar-refractivity contribution in [3.63, 3.8) is 0 Å². The summed E-state index contributed by atoms with van der Waals surface area (Å²) in [6, 6.07) is 15.5. The first-order chi connectivity index (χ1) is 22.4. The summed E-state index contributed by atoms with van der Waals surface area (Å²) < 4.78 is 55.4. The molecule has 0 saturated carbocycles. The zero-order valence-corrected chi connectivity index (χ0v) is 27.3. The second kappa shape index (κ2) is 22.0. The van der Waals surface area contributed by atoms with E-state index in [1.54, 1.807) is 12.1 Å². The number of nitrogens with zero attached hydrogens (tertiary/aromatic N) is 4. The smallest absolute Gasteiger partial charge is 0.189 e. The predicted octanol–water partition coefficient (Wildman–Crippen LogP) is 7.62. The monoisotopic (exact) mass is 717 g/mol. The molecule has 3 heterocycles. The molecule has 3 saturated heterocycles. The van der Waals surface area contributed by atoms with Crippen LogP contribution in [0.1, 0.15) is 37.8 Å². The van der Waals surface area contributed by atoms with Gasteiger partial charge in [-0.1, -0.05) is 19.6 Å². The van der Waals surface area contributed by atoms with Gasteiger partial charge in [-0.2, -0.15) is 5.26 Å². The minimum atomic E-state index is -0.348. The molecule has 12 heteroatoms. The number of nitriles is 1. The van der Waals surface area contributed by atoms with E-state index in [1.165, 1.54) is 55.7 Å². The van der Waals surface area contributed by atoms with Gasteiger partial charge in [-0.3, -0.25) is 0 Å². The van der Waals surface area contributed by atoms with Crippen LogP contribution in [0.5, 0.6) is 0 Å². The Balaban J connectivity index is 0.000000227. The zero-order valence-electron chi connectivity index (χ0n) is 25.7. The molecule has 3 aromatic carbocycles. The van der Waals surface area contributed by atoms with Gasteiger partial charge in [0.05, 0.1) is 60.5 Å². The highest BCUT2D eigenvalue weighted by Crippen LogP contribution is 2.26. The van der Waals surface area contributed by atoms with Crippen molar-refractivity contribution in [2.45, 2.75) is 33.2 Å². The third-order valence-corrected chi connectivity index (χ3v) is 7.74. The number of anilines is 2. The molecule has 47 heavy (non-hydrogen) atoms. The first-order valence-electron chi connectivity index (χ1n) is 15.1. The third kappa shape index (κ3) is 13.5. The number of hydrogen-bond acceptors (Lipinski definition) is 7. The molecule has 0 atom stereocenters. The highest BCUT2D eigenvalue weighted by molar-refractivity contribution is 9.10.